The Morgan fingerprint density at radius 3 is 2.71 bits per heavy atom. The number of carboxylic acids is 1. The molecule has 1 rings (SSSR count). The van der Waals surface area contributed by atoms with Gasteiger partial charge in [0.2, 0.25) is 0 Å². The van der Waals surface area contributed by atoms with Gasteiger partial charge in [0.05, 0.1) is 18.9 Å². The molecule has 0 aromatic carbocycles. The number of carbonyl (C=O) groups is 2. The molecule has 6 heteroatoms. The topological polar surface area (TPSA) is 93.4 Å². The Labute approximate surface area is 100 Å². The third kappa shape index (κ3) is 4.72. The molecule has 0 heterocycles. The summed E-state index contributed by atoms with van der Waals surface area (Å²) in [5.41, 5.74) is 0. The van der Waals surface area contributed by atoms with E-state index in [1.165, 1.54) is 4.90 Å². The van der Waals surface area contributed by atoms with Gasteiger partial charge in [-0.2, -0.15) is 5.26 Å². The number of hydrogen-bond acceptors (Lipinski definition) is 3. The van der Waals surface area contributed by atoms with Gasteiger partial charge >= 0.3 is 12.0 Å². The normalized spacial score (nSPS) is 15.8. The van der Waals surface area contributed by atoms with Crippen molar-refractivity contribution in [2.45, 2.75) is 31.7 Å². The SMILES string of the molecule is CN(CCC#N)C(=O)NC(CC(=O)O)C1CC1. The molecule has 0 saturated heterocycles. The smallest absolute Gasteiger partial charge is 0.317 e. The Morgan fingerprint density at radius 2 is 2.24 bits per heavy atom. The summed E-state index contributed by atoms with van der Waals surface area (Å²) in [5, 5.41) is 19.9. The van der Waals surface area contributed by atoms with E-state index < -0.39 is 5.97 Å². The van der Waals surface area contributed by atoms with Crippen molar-refractivity contribution < 1.29 is 14.7 Å². The zero-order valence-electron chi connectivity index (χ0n) is 9.85. The largest absolute Gasteiger partial charge is 0.481 e. The molecular formula is C11H17N3O3. The molecule has 6 nitrogen and oxygen atoms in total. The molecule has 0 spiro atoms. The van der Waals surface area contributed by atoms with Crippen LogP contribution in [0.3, 0.4) is 0 Å². The van der Waals surface area contributed by atoms with Crippen LogP contribution in [0.15, 0.2) is 0 Å². The minimum Gasteiger partial charge on any atom is -0.481 e. The lowest BCUT2D eigenvalue weighted by molar-refractivity contribution is -0.137. The Balaban J connectivity index is 2.40. The van der Waals surface area contributed by atoms with Crippen LogP contribution in [-0.4, -0.2) is 41.6 Å². The van der Waals surface area contributed by atoms with E-state index in [0.29, 0.717) is 12.5 Å². The highest BCUT2D eigenvalue weighted by Gasteiger charge is 2.34. The monoisotopic (exact) mass is 239 g/mol. The molecule has 1 atom stereocenters. The molecule has 1 aliphatic rings. The van der Waals surface area contributed by atoms with Crippen molar-refractivity contribution in [2.75, 3.05) is 13.6 Å². The van der Waals surface area contributed by atoms with Crippen molar-refractivity contribution in [3.63, 3.8) is 0 Å². The predicted molar refractivity (Wildman–Crippen MR) is 60.2 cm³/mol. The number of urea groups is 1. The molecule has 2 amide bonds. The number of hydrogen-bond donors (Lipinski definition) is 2. The van der Waals surface area contributed by atoms with E-state index in [1.807, 2.05) is 6.07 Å². The van der Waals surface area contributed by atoms with Crippen molar-refractivity contribution in [2.24, 2.45) is 5.92 Å². The number of carbonyl (C=O) groups excluding carboxylic acids is 1. The fourth-order valence-electron chi connectivity index (χ4n) is 1.61. The summed E-state index contributed by atoms with van der Waals surface area (Å²) in [7, 11) is 1.59. The van der Waals surface area contributed by atoms with E-state index in [2.05, 4.69) is 5.32 Å². The van der Waals surface area contributed by atoms with Crippen LogP contribution in [0.5, 0.6) is 0 Å². The molecule has 2 N–H and O–H groups in total. The first kappa shape index (κ1) is 13.3. The minimum absolute atomic E-state index is 0.0392. The Morgan fingerprint density at radius 1 is 1.59 bits per heavy atom. The second-order valence-corrected chi connectivity index (χ2v) is 4.32. The van der Waals surface area contributed by atoms with Crippen LogP contribution in [0.4, 0.5) is 4.79 Å². The number of amides is 2. The summed E-state index contributed by atoms with van der Waals surface area (Å²) in [4.78, 5) is 23.7. The average Bonchev–Trinajstić information content (AvgIpc) is 3.07. The third-order valence-corrected chi connectivity index (χ3v) is 2.80. The summed E-state index contributed by atoms with van der Waals surface area (Å²) >= 11 is 0. The summed E-state index contributed by atoms with van der Waals surface area (Å²) in [6.45, 7) is 0.354. The second kappa shape index (κ2) is 6.09. The van der Waals surface area contributed by atoms with Crippen LogP contribution in [0.1, 0.15) is 25.7 Å². The maximum absolute atomic E-state index is 11.7. The highest BCUT2D eigenvalue weighted by Crippen LogP contribution is 2.34. The van der Waals surface area contributed by atoms with Crippen LogP contribution < -0.4 is 5.32 Å². The molecule has 0 bridgehead atoms. The summed E-state index contributed by atoms with van der Waals surface area (Å²) in [6, 6.07) is 1.36. The van der Waals surface area contributed by atoms with Gasteiger partial charge in [-0.1, -0.05) is 0 Å². The van der Waals surface area contributed by atoms with Gasteiger partial charge in [0.1, 0.15) is 0 Å². The van der Waals surface area contributed by atoms with E-state index in [4.69, 9.17) is 10.4 Å². The Hall–Kier alpha value is -1.77. The van der Waals surface area contributed by atoms with Crippen molar-refractivity contribution in [1.82, 2.24) is 10.2 Å². The molecule has 94 valence electrons. The number of nitriles is 1. The highest BCUT2D eigenvalue weighted by atomic mass is 16.4. The van der Waals surface area contributed by atoms with E-state index in [0.717, 1.165) is 12.8 Å². The molecule has 1 unspecified atom stereocenters. The van der Waals surface area contributed by atoms with Gasteiger partial charge in [-0.15, -0.1) is 0 Å². The number of nitrogens with one attached hydrogen (secondary N) is 1. The standard InChI is InChI=1S/C11H17N3O3/c1-14(6-2-5-12)11(17)13-9(7-10(15)16)8-3-4-8/h8-9H,2-4,6-7H2,1H3,(H,13,17)(H,15,16). The first-order valence-electron chi connectivity index (χ1n) is 5.65. The van der Waals surface area contributed by atoms with E-state index in [-0.39, 0.29) is 24.9 Å². The fourth-order valence-corrected chi connectivity index (χ4v) is 1.61. The van der Waals surface area contributed by atoms with Crippen LogP contribution in [0.25, 0.3) is 0 Å². The van der Waals surface area contributed by atoms with E-state index in [1.54, 1.807) is 7.05 Å². The van der Waals surface area contributed by atoms with Gasteiger partial charge in [0.25, 0.3) is 0 Å². The molecule has 1 aliphatic carbocycles. The summed E-state index contributed by atoms with van der Waals surface area (Å²) in [6.07, 6.45) is 2.18. The quantitative estimate of drug-likeness (QED) is 0.716. The van der Waals surface area contributed by atoms with Crippen molar-refractivity contribution in [3.8, 4) is 6.07 Å². The molecule has 0 aromatic rings. The van der Waals surface area contributed by atoms with Gasteiger partial charge in [0, 0.05) is 19.6 Å². The number of carboxylic acid groups (broad SMARTS) is 1. The maximum Gasteiger partial charge on any atom is 0.317 e. The molecule has 0 aliphatic heterocycles. The first-order valence-corrected chi connectivity index (χ1v) is 5.65. The Kier molecular flexibility index (Phi) is 4.76. The molecule has 1 fully saturated rings. The van der Waals surface area contributed by atoms with Crippen LogP contribution in [-0.2, 0) is 4.79 Å². The van der Waals surface area contributed by atoms with Crippen LogP contribution in [0.2, 0.25) is 0 Å². The lowest BCUT2D eigenvalue weighted by Crippen LogP contribution is -2.45. The van der Waals surface area contributed by atoms with Gasteiger partial charge in [0.15, 0.2) is 0 Å². The lowest BCUT2D eigenvalue weighted by atomic mass is 10.1. The third-order valence-electron chi connectivity index (χ3n) is 2.80. The maximum atomic E-state index is 11.7. The number of nitrogens with zero attached hydrogens (tertiary/aromatic N) is 2. The molecule has 17 heavy (non-hydrogen) atoms. The van der Waals surface area contributed by atoms with E-state index >= 15 is 0 Å². The number of rotatable bonds is 6. The zero-order chi connectivity index (χ0) is 12.8. The number of aliphatic carboxylic acids is 1. The van der Waals surface area contributed by atoms with E-state index in [9.17, 15) is 9.59 Å². The average molecular weight is 239 g/mol. The van der Waals surface area contributed by atoms with Gasteiger partial charge in [-0.25, -0.2) is 4.79 Å². The summed E-state index contributed by atoms with van der Waals surface area (Å²) < 4.78 is 0. The molecular weight excluding hydrogens is 222 g/mol. The minimum atomic E-state index is -0.901. The van der Waals surface area contributed by atoms with Crippen molar-refractivity contribution in [3.05, 3.63) is 0 Å². The predicted octanol–water partition coefficient (Wildman–Crippen LogP) is 0.795. The highest BCUT2D eigenvalue weighted by molar-refractivity contribution is 5.75. The van der Waals surface area contributed by atoms with Crippen molar-refractivity contribution >= 4 is 12.0 Å². The van der Waals surface area contributed by atoms with Gasteiger partial charge in [-0.05, 0) is 18.8 Å². The molecule has 1 saturated carbocycles. The lowest BCUT2D eigenvalue weighted by Gasteiger charge is -2.21. The van der Waals surface area contributed by atoms with Crippen LogP contribution in [0, 0.1) is 17.2 Å². The van der Waals surface area contributed by atoms with Gasteiger partial charge < -0.3 is 15.3 Å². The van der Waals surface area contributed by atoms with Gasteiger partial charge in [-0.3, -0.25) is 4.79 Å². The van der Waals surface area contributed by atoms with Crippen molar-refractivity contribution in [1.29, 1.82) is 5.26 Å². The second-order valence-electron chi connectivity index (χ2n) is 4.32. The molecule has 0 aromatic heterocycles. The Bertz CT molecular complexity index is 333. The van der Waals surface area contributed by atoms with Crippen LogP contribution >= 0.6 is 0 Å². The summed E-state index contributed by atoms with van der Waals surface area (Å²) in [5.74, 6) is -0.610. The first-order chi connectivity index (χ1) is 8.04. The fraction of sp³-hybridized carbons (Fsp3) is 0.727. The molecule has 0 radical (unpaired) electrons. The zero-order valence-corrected chi connectivity index (χ0v) is 9.85.